The van der Waals surface area contributed by atoms with Crippen molar-refractivity contribution in [3.63, 3.8) is 0 Å². The molecule has 1 saturated heterocycles. The summed E-state index contributed by atoms with van der Waals surface area (Å²) in [5.74, 6) is -1.19. The van der Waals surface area contributed by atoms with Gasteiger partial charge in [-0.05, 0) is 103 Å². The number of aliphatic hydroxyl groups excluding tert-OH is 5. The van der Waals surface area contributed by atoms with Crippen LogP contribution in [0.2, 0.25) is 0 Å². The molecule has 8 atom stereocenters. The van der Waals surface area contributed by atoms with Crippen LogP contribution in [0.4, 0.5) is 0 Å². The van der Waals surface area contributed by atoms with Crippen molar-refractivity contribution < 1.29 is 49.3 Å². The predicted molar refractivity (Wildman–Crippen MR) is 398 cm³/mol. The van der Waals surface area contributed by atoms with Gasteiger partial charge in [-0.15, -0.1) is 0 Å². The normalized spacial score (nSPS) is 18.2. The van der Waals surface area contributed by atoms with E-state index >= 15 is 0 Å². The molecule has 0 bridgehead atoms. The van der Waals surface area contributed by atoms with Crippen molar-refractivity contribution in [2.75, 3.05) is 13.2 Å². The maximum atomic E-state index is 13.5. The molecule has 1 rings (SSSR count). The maximum absolute atomic E-state index is 13.5. The lowest BCUT2D eigenvalue weighted by atomic mass is 9.99. The number of rotatable bonds is 69. The van der Waals surface area contributed by atoms with Crippen molar-refractivity contribution in [3.8, 4) is 0 Å². The molecule has 0 radical (unpaired) electrons. The standard InChI is InChI=1S/C83H149NO10/c1-4-7-10-13-16-19-22-25-27-29-31-33-35-37-39-41-43-45-47-49-51-53-56-59-62-65-68-71-78(88)94-81-80(90)79(89)77(72-85)93-83(81)92-73-74(75(86)69-66-63-60-57-54-24-21-18-15-12-9-6-3)84-82(91)76(87)70-67-64-61-58-55-52-50-48-46-44-42-40-38-36-34-32-30-28-26-23-20-17-14-11-8-5-2/h16-17,19-20,25-28,31,33,37,39,66,69,74-77,79-81,83,85-87,89-90H,4-15,18,21-24,29-30,32,34-36,38,40-65,67-68,70-73H2,1-3H3,(H,84,91)/b19-16-,20-17-,27-25-,28-26-,33-31-,39-37-,69-66+. The van der Waals surface area contributed by atoms with Gasteiger partial charge in [0, 0.05) is 6.42 Å². The van der Waals surface area contributed by atoms with Crippen LogP contribution >= 0.6 is 0 Å². The molecule has 1 heterocycles. The summed E-state index contributed by atoms with van der Waals surface area (Å²) in [7, 11) is 0. The molecule has 1 amide bonds. The summed E-state index contributed by atoms with van der Waals surface area (Å²) in [6.45, 7) is 5.79. The molecule has 1 aliphatic heterocycles. The molecule has 0 aliphatic carbocycles. The lowest BCUT2D eigenvalue weighted by Gasteiger charge is -2.41. The van der Waals surface area contributed by atoms with Gasteiger partial charge >= 0.3 is 5.97 Å². The molecule has 11 nitrogen and oxygen atoms in total. The van der Waals surface area contributed by atoms with Crippen molar-refractivity contribution in [2.45, 2.75) is 416 Å². The second-order valence-electron chi connectivity index (χ2n) is 27.4. The molecule has 1 aliphatic rings. The van der Waals surface area contributed by atoms with E-state index in [0.717, 1.165) is 89.9 Å². The van der Waals surface area contributed by atoms with Crippen molar-refractivity contribution in [1.29, 1.82) is 0 Å². The van der Waals surface area contributed by atoms with Gasteiger partial charge < -0.3 is 45.1 Å². The molecule has 1 fully saturated rings. The third-order valence-electron chi connectivity index (χ3n) is 18.5. The van der Waals surface area contributed by atoms with Crippen molar-refractivity contribution in [2.24, 2.45) is 0 Å². The van der Waals surface area contributed by atoms with Crippen LogP contribution in [0.3, 0.4) is 0 Å². The number of hydrogen-bond acceptors (Lipinski definition) is 10. The van der Waals surface area contributed by atoms with Gasteiger partial charge in [0.1, 0.15) is 24.4 Å². The topological polar surface area (TPSA) is 175 Å². The first-order valence-corrected chi connectivity index (χ1v) is 39.9. The Morgan fingerprint density at radius 3 is 1.12 bits per heavy atom. The highest BCUT2D eigenvalue weighted by atomic mass is 16.7. The van der Waals surface area contributed by atoms with Crippen LogP contribution in [0.15, 0.2) is 85.1 Å². The first kappa shape index (κ1) is 88.9. The van der Waals surface area contributed by atoms with Gasteiger partial charge in [-0.1, -0.05) is 343 Å². The van der Waals surface area contributed by atoms with Crippen LogP contribution in [0.1, 0.15) is 367 Å². The molecule has 0 spiro atoms. The van der Waals surface area contributed by atoms with Crippen LogP contribution in [0.5, 0.6) is 0 Å². The number of unbranched alkanes of at least 4 members (excludes halogenated alkanes) is 43. The summed E-state index contributed by atoms with van der Waals surface area (Å²) in [6, 6.07) is -1.03. The average molecular weight is 1320 g/mol. The van der Waals surface area contributed by atoms with E-state index < -0.39 is 67.4 Å². The summed E-state index contributed by atoms with van der Waals surface area (Å²) in [5.41, 5.74) is 0. The highest BCUT2D eigenvalue weighted by Crippen LogP contribution is 2.27. The second-order valence-corrected chi connectivity index (χ2v) is 27.4. The van der Waals surface area contributed by atoms with Crippen molar-refractivity contribution >= 4 is 11.9 Å². The fourth-order valence-corrected chi connectivity index (χ4v) is 12.3. The smallest absolute Gasteiger partial charge is 0.306 e. The number of nitrogens with one attached hydrogen (secondary N) is 1. The highest BCUT2D eigenvalue weighted by Gasteiger charge is 2.47. The Bertz CT molecular complexity index is 1860. The van der Waals surface area contributed by atoms with Gasteiger partial charge in [0.2, 0.25) is 5.91 Å². The second kappa shape index (κ2) is 69.7. The quantitative estimate of drug-likeness (QED) is 0.0195. The first-order chi connectivity index (χ1) is 46.2. The fraction of sp³-hybridized carbons (Fsp3) is 0.807. The number of hydrogen-bond donors (Lipinski definition) is 6. The van der Waals surface area contributed by atoms with E-state index in [4.69, 9.17) is 14.2 Å². The molecular formula is C83H149NO10. The number of carbonyl (C=O) groups excluding carboxylic acids is 2. The highest BCUT2D eigenvalue weighted by molar-refractivity contribution is 5.80. The molecule has 0 aromatic heterocycles. The number of amides is 1. The zero-order valence-electron chi connectivity index (χ0n) is 61.1. The Balaban J connectivity index is 2.49. The largest absolute Gasteiger partial charge is 0.454 e. The van der Waals surface area contributed by atoms with Gasteiger partial charge in [0.15, 0.2) is 12.4 Å². The number of aliphatic hydroxyl groups is 5. The van der Waals surface area contributed by atoms with Gasteiger partial charge in [-0.3, -0.25) is 9.59 Å². The van der Waals surface area contributed by atoms with E-state index in [9.17, 15) is 35.1 Å². The van der Waals surface area contributed by atoms with Gasteiger partial charge in [0.25, 0.3) is 0 Å². The Morgan fingerprint density at radius 2 is 0.734 bits per heavy atom. The monoisotopic (exact) mass is 1320 g/mol. The molecule has 546 valence electrons. The lowest BCUT2D eigenvalue weighted by molar-refractivity contribution is -0.305. The number of allylic oxidation sites excluding steroid dienone is 13. The Morgan fingerprint density at radius 1 is 0.415 bits per heavy atom. The molecule has 0 aromatic rings. The van der Waals surface area contributed by atoms with Crippen LogP contribution in [0, 0.1) is 0 Å². The van der Waals surface area contributed by atoms with Crippen molar-refractivity contribution in [1.82, 2.24) is 5.32 Å². The first-order valence-electron chi connectivity index (χ1n) is 39.9. The van der Waals surface area contributed by atoms with E-state index in [0.29, 0.717) is 19.3 Å². The minimum absolute atomic E-state index is 0.118. The Hall–Kier alpha value is -3.16. The summed E-state index contributed by atoms with van der Waals surface area (Å²) in [6.07, 6.45) is 83.5. The van der Waals surface area contributed by atoms with E-state index in [1.807, 2.05) is 6.08 Å². The summed E-state index contributed by atoms with van der Waals surface area (Å²) in [5, 5.41) is 57.4. The van der Waals surface area contributed by atoms with Gasteiger partial charge in [0.05, 0.1) is 25.4 Å². The van der Waals surface area contributed by atoms with Crippen LogP contribution in [-0.2, 0) is 23.8 Å². The minimum Gasteiger partial charge on any atom is -0.454 e. The minimum atomic E-state index is -1.62. The summed E-state index contributed by atoms with van der Waals surface area (Å²) in [4.78, 5) is 26.8. The van der Waals surface area contributed by atoms with E-state index in [1.54, 1.807) is 6.08 Å². The number of carbonyl (C=O) groups is 2. The Labute approximate surface area is 578 Å². The summed E-state index contributed by atoms with van der Waals surface area (Å²) >= 11 is 0. The number of ether oxygens (including phenoxy) is 3. The van der Waals surface area contributed by atoms with Gasteiger partial charge in [-0.25, -0.2) is 0 Å². The van der Waals surface area contributed by atoms with E-state index in [2.05, 4.69) is 99.0 Å². The van der Waals surface area contributed by atoms with Crippen molar-refractivity contribution in [3.05, 3.63) is 85.1 Å². The molecule has 6 N–H and O–H groups in total. The molecular weight excluding hydrogens is 1170 g/mol. The molecule has 0 aromatic carbocycles. The van der Waals surface area contributed by atoms with Gasteiger partial charge in [-0.2, -0.15) is 0 Å². The molecule has 0 saturated carbocycles. The van der Waals surface area contributed by atoms with Crippen LogP contribution in [-0.4, -0.2) is 99.6 Å². The van der Waals surface area contributed by atoms with E-state index in [1.165, 1.54) is 231 Å². The van der Waals surface area contributed by atoms with E-state index in [-0.39, 0.29) is 13.0 Å². The Kier molecular flexibility index (Phi) is 65.9. The average Bonchev–Trinajstić information content (AvgIpc) is 0.814. The molecule has 11 heteroatoms. The lowest BCUT2D eigenvalue weighted by Crippen LogP contribution is -2.61. The number of esters is 1. The fourth-order valence-electron chi connectivity index (χ4n) is 12.3. The third kappa shape index (κ3) is 55.8. The molecule has 8 unspecified atom stereocenters. The predicted octanol–water partition coefficient (Wildman–Crippen LogP) is 21.6. The third-order valence-corrected chi connectivity index (χ3v) is 18.5. The summed E-state index contributed by atoms with van der Waals surface area (Å²) < 4.78 is 17.8. The maximum Gasteiger partial charge on any atom is 0.306 e. The SMILES string of the molecule is CCCCC/C=C\C/C=C\C/C=C\C/C=C\CCCCCCCCCCCCCC(=O)OC1C(OCC(NC(=O)C(O)CCCCCCCCCCCCCCCCCC/C=C\C/C=C\CCCCC)C(O)/C=C/CCCCCCCCCCCC)OC(CO)C(O)C1O. The zero-order valence-corrected chi connectivity index (χ0v) is 61.1. The molecule has 94 heavy (non-hydrogen) atoms. The van der Waals surface area contributed by atoms with Crippen LogP contribution < -0.4 is 5.32 Å². The van der Waals surface area contributed by atoms with Crippen LogP contribution in [0.25, 0.3) is 0 Å². The zero-order chi connectivity index (χ0) is 68.1.